The van der Waals surface area contributed by atoms with Gasteiger partial charge < -0.3 is 14.8 Å². The summed E-state index contributed by atoms with van der Waals surface area (Å²) < 4.78 is 11.5. The lowest BCUT2D eigenvalue weighted by atomic mass is 10.0. The van der Waals surface area contributed by atoms with Crippen molar-refractivity contribution in [3.05, 3.63) is 24.3 Å². The van der Waals surface area contributed by atoms with Crippen molar-refractivity contribution in [2.45, 2.75) is 53.0 Å². The fourth-order valence-corrected chi connectivity index (χ4v) is 2.05. The van der Waals surface area contributed by atoms with Crippen LogP contribution in [0.15, 0.2) is 24.3 Å². The molecule has 0 saturated carbocycles. The molecule has 1 atom stereocenters. The molecule has 0 aliphatic carbocycles. The first-order valence-corrected chi connectivity index (χ1v) is 8.21. The predicted molar refractivity (Wildman–Crippen MR) is 89.3 cm³/mol. The van der Waals surface area contributed by atoms with Crippen molar-refractivity contribution in [3.8, 4) is 11.5 Å². The lowest BCUT2D eigenvalue weighted by molar-refractivity contribution is 0.264. The van der Waals surface area contributed by atoms with Gasteiger partial charge >= 0.3 is 0 Å². The zero-order valence-electron chi connectivity index (χ0n) is 14.0. The van der Waals surface area contributed by atoms with Crippen LogP contribution >= 0.6 is 0 Å². The van der Waals surface area contributed by atoms with Crippen LogP contribution in [-0.2, 0) is 0 Å². The number of ether oxygens (including phenoxy) is 2. The molecule has 0 radical (unpaired) electrons. The van der Waals surface area contributed by atoms with Crippen LogP contribution in [0.25, 0.3) is 0 Å². The maximum atomic E-state index is 5.82. The number of hydrogen-bond donors (Lipinski definition) is 1. The molecule has 1 unspecified atom stereocenters. The van der Waals surface area contributed by atoms with Gasteiger partial charge in [-0.2, -0.15) is 0 Å². The summed E-state index contributed by atoms with van der Waals surface area (Å²) in [5, 5.41) is 3.51. The van der Waals surface area contributed by atoms with E-state index < -0.39 is 0 Å². The summed E-state index contributed by atoms with van der Waals surface area (Å²) in [6, 6.07) is 8.43. The molecule has 21 heavy (non-hydrogen) atoms. The molecule has 0 aromatic heterocycles. The molecule has 1 rings (SSSR count). The predicted octanol–water partition coefficient (Wildman–Crippen LogP) is 4.27. The van der Waals surface area contributed by atoms with Crippen molar-refractivity contribution in [2.75, 3.05) is 19.8 Å². The molecule has 3 nitrogen and oxygen atoms in total. The maximum Gasteiger partial charge on any atom is 0.161 e. The highest BCUT2D eigenvalue weighted by Crippen LogP contribution is 2.26. The molecule has 0 aliphatic rings. The third kappa shape index (κ3) is 7.96. The van der Waals surface area contributed by atoms with Crippen molar-refractivity contribution in [1.82, 2.24) is 5.32 Å². The maximum absolute atomic E-state index is 5.82. The van der Waals surface area contributed by atoms with E-state index in [-0.39, 0.29) is 0 Å². The first-order valence-electron chi connectivity index (χ1n) is 8.21. The van der Waals surface area contributed by atoms with Gasteiger partial charge in [-0.05, 0) is 44.2 Å². The Morgan fingerprint density at radius 2 is 1.57 bits per heavy atom. The zero-order valence-corrected chi connectivity index (χ0v) is 14.0. The molecule has 0 aliphatic heterocycles. The normalized spacial score (nSPS) is 12.4. The molecule has 0 spiro atoms. The van der Waals surface area contributed by atoms with Gasteiger partial charge in [0.2, 0.25) is 0 Å². The lowest BCUT2D eigenvalue weighted by Gasteiger charge is -2.16. The summed E-state index contributed by atoms with van der Waals surface area (Å²) in [5.41, 5.74) is 0. The van der Waals surface area contributed by atoms with Crippen LogP contribution in [0.2, 0.25) is 0 Å². The van der Waals surface area contributed by atoms with E-state index in [1.165, 1.54) is 12.8 Å². The molecule has 1 aromatic rings. The van der Waals surface area contributed by atoms with Gasteiger partial charge in [-0.1, -0.05) is 32.9 Å². The Balaban J connectivity index is 2.26. The van der Waals surface area contributed by atoms with Gasteiger partial charge in [-0.25, -0.2) is 0 Å². The Morgan fingerprint density at radius 3 is 2.14 bits per heavy atom. The summed E-state index contributed by atoms with van der Waals surface area (Å²) in [6.45, 7) is 11.1. The number of nitrogens with one attached hydrogen (secondary N) is 1. The average Bonchev–Trinajstić information content (AvgIpc) is 2.48. The quantitative estimate of drug-likeness (QED) is 0.618. The number of hydrogen-bond acceptors (Lipinski definition) is 3. The fraction of sp³-hybridized carbons (Fsp3) is 0.667. The molecular weight excluding hydrogens is 262 g/mol. The van der Waals surface area contributed by atoms with E-state index in [2.05, 4.69) is 33.0 Å². The van der Waals surface area contributed by atoms with Crippen LogP contribution in [-0.4, -0.2) is 25.8 Å². The molecule has 1 aromatic carbocycles. The summed E-state index contributed by atoms with van der Waals surface area (Å²) in [4.78, 5) is 0. The second-order valence-electron chi connectivity index (χ2n) is 5.97. The van der Waals surface area contributed by atoms with Crippen molar-refractivity contribution >= 4 is 0 Å². The lowest BCUT2D eigenvalue weighted by Crippen LogP contribution is -2.30. The molecule has 0 bridgehead atoms. The van der Waals surface area contributed by atoms with Crippen LogP contribution in [0.5, 0.6) is 11.5 Å². The van der Waals surface area contributed by atoms with Crippen LogP contribution < -0.4 is 14.8 Å². The highest BCUT2D eigenvalue weighted by atomic mass is 16.5. The van der Waals surface area contributed by atoms with Crippen molar-refractivity contribution in [2.24, 2.45) is 5.92 Å². The van der Waals surface area contributed by atoms with Gasteiger partial charge in [0.05, 0.1) is 6.61 Å². The van der Waals surface area contributed by atoms with Gasteiger partial charge in [0.25, 0.3) is 0 Å². The van der Waals surface area contributed by atoms with Crippen LogP contribution in [0.3, 0.4) is 0 Å². The van der Waals surface area contributed by atoms with Gasteiger partial charge in [0.15, 0.2) is 11.5 Å². The highest BCUT2D eigenvalue weighted by molar-refractivity contribution is 5.39. The second-order valence-corrected chi connectivity index (χ2v) is 5.97. The SMILES string of the molecule is CCCOc1ccccc1OCCNC(C)CCC(C)C. The Labute approximate surface area is 130 Å². The number of benzene rings is 1. The van der Waals surface area contributed by atoms with Crippen molar-refractivity contribution in [1.29, 1.82) is 0 Å². The van der Waals surface area contributed by atoms with E-state index >= 15 is 0 Å². The third-order valence-corrected chi connectivity index (χ3v) is 3.34. The molecular formula is C18H31NO2. The number of rotatable bonds is 11. The molecule has 120 valence electrons. The van der Waals surface area contributed by atoms with Gasteiger partial charge in [-0.15, -0.1) is 0 Å². The Morgan fingerprint density at radius 1 is 0.952 bits per heavy atom. The van der Waals surface area contributed by atoms with Gasteiger partial charge in [0.1, 0.15) is 6.61 Å². The molecule has 0 fully saturated rings. The molecule has 3 heteroatoms. The second kappa shape index (κ2) is 10.5. The largest absolute Gasteiger partial charge is 0.490 e. The molecule has 1 N–H and O–H groups in total. The van der Waals surface area contributed by atoms with Gasteiger partial charge in [-0.3, -0.25) is 0 Å². The molecule has 0 heterocycles. The zero-order chi connectivity index (χ0) is 15.5. The van der Waals surface area contributed by atoms with Crippen LogP contribution in [0, 0.1) is 5.92 Å². The first kappa shape index (κ1) is 17.8. The minimum atomic E-state index is 0.544. The fourth-order valence-electron chi connectivity index (χ4n) is 2.05. The first-order chi connectivity index (χ1) is 10.1. The van der Waals surface area contributed by atoms with E-state index in [0.29, 0.717) is 12.6 Å². The summed E-state index contributed by atoms with van der Waals surface area (Å²) in [7, 11) is 0. The third-order valence-electron chi connectivity index (χ3n) is 3.34. The summed E-state index contributed by atoms with van der Waals surface area (Å²) in [5.74, 6) is 2.45. The van der Waals surface area contributed by atoms with Crippen LogP contribution in [0.1, 0.15) is 47.0 Å². The average molecular weight is 293 g/mol. The van der Waals surface area contributed by atoms with E-state index in [4.69, 9.17) is 9.47 Å². The van der Waals surface area contributed by atoms with E-state index in [1.54, 1.807) is 0 Å². The standard InChI is InChI=1S/C18H31NO2/c1-5-13-20-17-8-6-7-9-18(17)21-14-12-19-16(4)11-10-15(2)3/h6-9,15-16,19H,5,10-14H2,1-4H3. The van der Waals surface area contributed by atoms with Gasteiger partial charge in [0, 0.05) is 12.6 Å². The Kier molecular flexibility index (Phi) is 8.91. The summed E-state index contributed by atoms with van der Waals surface area (Å²) in [6.07, 6.45) is 3.49. The van der Waals surface area contributed by atoms with Crippen LogP contribution in [0.4, 0.5) is 0 Å². The summed E-state index contributed by atoms with van der Waals surface area (Å²) >= 11 is 0. The van der Waals surface area contributed by atoms with E-state index in [0.717, 1.165) is 37.0 Å². The molecule has 0 saturated heterocycles. The smallest absolute Gasteiger partial charge is 0.161 e. The minimum absolute atomic E-state index is 0.544. The van der Waals surface area contributed by atoms with Crippen molar-refractivity contribution < 1.29 is 9.47 Å². The number of para-hydroxylation sites is 2. The Bertz CT molecular complexity index is 379. The monoisotopic (exact) mass is 293 g/mol. The topological polar surface area (TPSA) is 30.5 Å². The van der Waals surface area contributed by atoms with E-state index in [1.807, 2.05) is 24.3 Å². The molecule has 0 amide bonds. The minimum Gasteiger partial charge on any atom is -0.490 e. The Hall–Kier alpha value is -1.22. The van der Waals surface area contributed by atoms with E-state index in [9.17, 15) is 0 Å². The highest BCUT2D eigenvalue weighted by Gasteiger charge is 2.05. The van der Waals surface area contributed by atoms with Crippen molar-refractivity contribution in [3.63, 3.8) is 0 Å².